The largest absolute Gasteiger partial charge is 0.342 e. The molecule has 3 aromatic rings. The average Bonchev–Trinajstić information content (AvgIpc) is 3.61. The Morgan fingerprint density at radius 3 is 2.02 bits per heavy atom. The summed E-state index contributed by atoms with van der Waals surface area (Å²) in [5, 5.41) is 10.5. The number of carbonyl (C=O) groups excluding carboxylic acids is 6. The van der Waals surface area contributed by atoms with E-state index in [0.29, 0.717) is 12.8 Å². The van der Waals surface area contributed by atoms with Gasteiger partial charge in [0.05, 0.1) is 0 Å². The van der Waals surface area contributed by atoms with Crippen LogP contribution >= 0.6 is 0 Å². The molecule has 0 saturated carbocycles. The zero-order valence-electron chi connectivity index (χ0n) is 27.1. The molecule has 2 aliphatic heterocycles. The number of para-hydroxylation sites is 1. The lowest BCUT2D eigenvalue weighted by Gasteiger charge is -2.34. The molecule has 0 radical (unpaired) electrons. The minimum absolute atomic E-state index is 0.0274. The van der Waals surface area contributed by atoms with Crippen molar-refractivity contribution in [1.82, 2.24) is 20.9 Å². The molecule has 4 atom stereocenters. The maximum absolute atomic E-state index is 14.2. The minimum Gasteiger partial charge on any atom is -0.342 e. The molecule has 13 nitrogen and oxygen atoms in total. The van der Waals surface area contributed by atoms with Crippen molar-refractivity contribution in [3.8, 4) is 0 Å². The Hall–Kier alpha value is -5.72. The van der Waals surface area contributed by atoms with Crippen LogP contribution in [-0.4, -0.2) is 70.4 Å². The predicted octanol–water partition coefficient (Wildman–Crippen LogP) is 0.465. The van der Waals surface area contributed by atoms with Gasteiger partial charge in [0, 0.05) is 37.1 Å². The van der Waals surface area contributed by atoms with Crippen molar-refractivity contribution in [1.29, 1.82) is 0 Å². The first-order valence-corrected chi connectivity index (χ1v) is 16.2. The van der Waals surface area contributed by atoms with Gasteiger partial charge >= 0.3 is 5.91 Å². The number of rotatable bonds is 12. The first-order valence-electron chi connectivity index (χ1n) is 16.2. The summed E-state index contributed by atoms with van der Waals surface area (Å²) in [5.41, 5.74) is -0.0984. The highest BCUT2D eigenvalue weighted by Crippen LogP contribution is 2.22. The number of ketones is 1. The van der Waals surface area contributed by atoms with Crippen molar-refractivity contribution in [2.75, 3.05) is 11.6 Å². The van der Waals surface area contributed by atoms with E-state index in [0.717, 1.165) is 16.1 Å². The van der Waals surface area contributed by atoms with Crippen molar-refractivity contribution in [2.45, 2.75) is 69.1 Å². The number of nitroso groups, excluding NO2 is 1. The molecule has 0 aromatic heterocycles. The monoisotopic (exact) mass is 667 g/mol. The Morgan fingerprint density at radius 2 is 1.43 bits per heavy atom. The second kappa shape index (κ2) is 15.5. The van der Waals surface area contributed by atoms with E-state index in [1.54, 1.807) is 84.1 Å². The van der Waals surface area contributed by atoms with Gasteiger partial charge in [-0.25, -0.2) is 0 Å². The van der Waals surface area contributed by atoms with Gasteiger partial charge in [0.15, 0.2) is 11.3 Å². The fraction of sp³-hybridized carbons (Fsp3) is 0.333. The summed E-state index contributed by atoms with van der Waals surface area (Å²) < 4.78 is 0. The maximum Gasteiger partial charge on any atom is 0.310 e. The lowest BCUT2D eigenvalue weighted by Crippen LogP contribution is -2.82. The van der Waals surface area contributed by atoms with Crippen molar-refractivity contribution < 1.29 is 34.1 Å². The topological polar surface area (TPSA) is 176 Å². The molecular weight excluding hydrogens is 628 g/mol. The van der Waals surface area contributed by atoms with Crippen LogP contribution in [0.2, 0.25) is 0 Å². The second-order valence-corrected chi connectivity index (χ2v) is 12.4. The van der Waals surface area contributed by atoms with Gasteiger partial charge in [-0.15, -0.1) is 0 Å². The average molecular weight is 668 g/mol. The number of nitrogens with zero attached hydrogens (tertiary/aromatic N) is 2. The summed E-state index contributed by atoms with van der Waals surface area (Å²) in [7, 11) is 0. The molecule has 4 N–H and O–H groups in total. The summed E-state index contributed by atoms with van der Waals surface area (Å²) in [4.78, 5) is 93.8. The number of nitrogens with one attached hydrogen (secondary N) is 4. The number of Topliss-reactive ketones (excluding diaryl/α,β-unsaturated/α-hetero) is 1. The molecule has 0 unspecified atom stereocenters. The fourth-order valence-electron chi connectivity index (χ4n) is 6.20. The quantitative estimate of drug-likeness (QED) is 0.160. The van der Waals surface area contributed by atoms with E-state index >= 15 is 0 Å². The molecule has 13 heteroatoms. The van der Waals surface area contributed by atoms with E-state index in [4.69, 9.17) is 0 Å². The van der Waals surface area contributed by atoms with Crippen LogP contribution in [0.1, 0.15) is 43.7 Å². The number of anilines is 1. The highest BCUT2D eigenvalue weighted by atomic mass is 16.3. The Morgan fingerprint density at radius 1 is 0.857 bits per heavy atom. The summed E-state index contributed by atoms with van der Waals surface area (Å²) in [6.07, 6.45) is 0.781. The first-order chi connectivity index (χ1) is 23.6. The van der Waals surface area contributed by atoms with Crippen molar-refractivity contribution >= 4 is 41.0 Å². The van der Waals surface area contributed by atoms with Gasteiger partial charge in [-0.2, -0.15) is 0 Å². The minimum atomic E-state index is -1.85. The molecule has 5 rings (SSSR count). The number of carbonyl (C=O) groups is 6. The number of benzene rings is 3. The van der Waals surface area contributed by atoms with Crippen LogP contribution in [0.5, 0.6) is 0 Å². The lowest BCUT2D eigenvalue weighted by atomic mass is 9.87. The maximum atomic E-state index is 14.2. The molecule has 5 amide bonds. The van der Waals surface area contributed by atoms with Gasteiger partial charge in [-0.3, -0.25) is 28.8 Å². The molecule has 2 fully saturated rings. The third-order valence-corrected chi connectivity index (χ3v) is 8.93. The van der Waals surface area contributed by atoms with E-state index in [2.05, 4.69) is 16.0 Å². The predicted molar refractivity (Wildman–Crippen MR) is 178 cm³/mol. The van der Waals surface area contributed by atoms with E-state index in [9.17, 15) is 33.7 Å². The third kappa shape index (κ3) is 8.06. The first kappa shape index (κ1) is 34.6. The van der Waals surface area contributed by atoms with Gasteiger partial charge in [0.25, 0.3) is 5.91 Å². The van der Waals surface area contributed by atoms with Crippen LogP contribution < -0.4 is 26.2 Å². The van der Waals surface area contributed by atoms with Crippen LogP contribution in [0.4, 0.5) is 5.69 Å². The summed E-state index contributed by atoms with van der Waals surface area (Å²) in [6, 6.07) is 22.9. The Kier molecular flexibility index (Phi) is 10.9. The smallest absolute Gasteiger partial charge is 0.310 e. The Bertz CT molecular complexity index is 1700. The van der Waals surface area contributed by atoms with E-state index < -0.39 is 59.0 Å². The van der Waals surface area contributed by atoms with Crippen LogP contribution in [0.25, 0.3) is 0 Å². The number of likely N-dealkylation sites (tertiary alicyclic amines) is 1. The van der Waals surface area contributed by atoms with Gasteiger partial charge in [-0.05, 0) is 48.0 Å². The van der Waals surface area contributed by atoms with Crippen molar-refractivity contribution in [3.05, 3.63) is 107 Å². The van der Waals surface area contributed by atoms with Crippen molar-refractivity contribution in [3.63, 3.8) is 0 Å². The molecule has 2 saturated heterocycles. The third-order valence-electron chi connectivity index (χ3n) is 8.93. The molecule has 3 aromatic carbocycles. The number of hydrogen-bond acceptors (Lipinski definition) is 7. The van der Waals surface area contributed by atoms with Gasteiger partial charge in [-0.1, -0.05) is 78.9 Å². The SMILES string of the molecule is C[C@@]1(C(=O)N[C@@H](Cc2ccccc2)C(=O)N2CCC[C@H]2C(=O)N[C@@H](Cc2ccccc2)C(=O)N([NH+]=O)c2ccccc2)NC(=O)CCC1=O. The van der Waals surface area contributed by atoms with Gasteiger partial charge in [0.1, 0.15) is 29.1 Å². The molecule has 0 spiro atoms. The van der Waals surface area contributed by atoms with Crippen LogP contribution in [0.15, 0.2) is 91.0 Å². The normalized spacial score (nSPS) is 20.0. The Balaban J connectivity index is 1.38. The van der Waals surface area contributed by atoms with E-state index in [-0.39, 0.29) is 37.9 Å². The second-order valence-electron chi connectivity index (χ2n) is 12.4. The number of piperidine rings is 1. The molecule has 254 valence electrons. The highest BCUT2D eigenvalue weighted by molar-refractivity contribution is 6.15. The Labute approximate surface area is 283 Å². The molecule has 49 heavy (non-hydrogen) atoms. The van der Waals surface area contributed by atoms with E-state index in [1.165, 1.54) is 11.8 Å². The fourth-order valence-corrected chi connectivity index (χ4v) is 6.20. The van der Waals surface area contributed by atoms with Crippen LogP contribution in [0.3, 0.4) is 0 Å². The highest BCUT2D eigenvalue weighted by Gasteiger charge is 2.47. The zero-order valence-corrected chi connectivity index (χ0v) is 27.1. The van der Waals surface area contributed by atoms with Gasteiger partial charge in [0.2, 0.25) is 17.7 Å². The molecule has 0 bridgehead atoms. The van der Waals surface area contributed by atoms with E-state index in [1.807, 2.05) is 12.1 Å². The summed E-state index contributed by atoms with van der Waals surface area (Å²) >= 11 is 0. The number of amides is 5. The zero-order chi connectivity index (χ0) is 35.0. The molecular formula is C36H39N6O7+. The molecule has 2 aliphatic rings. The van der Waals surface area contributed by atoms with Crippen LogP contribution in [0, 0.1) is 4.91 Å². The summed E-state index contributed by atoms with van der Waals surface area (Å²) in [5.74, 6) is -3.58. The number of hydrogen-bond donors (Lipinski definition) is 4. The number of hydrazine groups is 1. The molecule has 2 heterocycles. The van der Waals surface area contributed by atoms with Crippen LogP contribution in [-0.2, 0) is 41.6 Å². The lowest BCUT2D eigenvalue weighted by molar-refractivity contribution is -0.484. The van der Waals surface area contributed by atoms with Crippen molar-refractivity contribution in [2.24, 2.45) is 0 Å². The summed E-state index contributed by atoms with van der Waals surface area (Å²) in [6.45, 7) is 1.53. The van der Waals surface area contributed by atoms with Gasteiger partial charge < -0.3 is 20.9 Å². The molecule has 0 aliphatic carbocycles. The standard InChI is InChI=1S/C36H38N6O7/c1-36(30(43)19-20-31(44)39-36)35(48)38-27(22-24-12-5-2-6-13-24)33(46)41-21-11-18-29(41)32(45)37-28(23-25-14-7-3-8-15-25)34(47)42(40-49)26-16-9-4-10-17-26/h2-10,12-17,27-29H,11,18-23H2,1H3,(H,37,45)(H,38,48)(H,39,44)/p+1/t27-,28-,29-,36+/m0/s1.